The second kappa shape index (κ2) is 9.99. The summed E-state index contributed by atoms with van der Waals surface area (Å²) in [6.07, 6.45) is 2.21. The summed E-state index contributed by atoms with van der Waals surface area (Å²) < 4.78 is 31.6. The zero-order valence-electron chi connectivity index (χ0n) is 17.5. The Balaban J connectivity index is 1.51. The summed E-state index contributed by atoms with van der Waals surface area (Å²) >= 11 is 1.23. The van der Waals surface area contributed by atoms with Crippen molar-refractivity contribution in [2.24, 2.45) is 0 Å². The van der Waals surface area contributed by atoms with Gasteiger partial charge in [0.15, 0.2) is 5.16 Å². The standard InChI is InChI=1S/C22H23F2N5O2S/c1-15-8-10-16(11-9-15)29-21(28-12-4-5-13-28)26-27-22(29)32-14-19(30)25-17-6-2-3-7-18(17)31-20(23)24/h2-3,6-11,20H,4-5,12-14H2,1H3,(H,25,30). The van der Waals surface area contributed by atoms with Crippen LogP contribution in [0.15, 0.2) is 53.7 Å². The Morgan fingerprint density at radius 2 is 1.84 bits per heavy atom. The lowest BCUT2D eigenvalue weighted by Crippen LogP contribution is -2.22. The van der Waals surface area contributed by atoms with Crippen molar-refractivity contribution in [1.29, 1.82) is 0 Å². The third kappa shape index (κ3) is 5.18. The maximum Gasteiger partial charge on any atom is 0.387 e. The summed E-state index contributed by atoms with van der Waals surface area (Å²) in [6.45, 7) is 0.874. The molecule has 2 aromatic carbocycles. The predicted octanol–water partition coefficient (Wildman–Crippen LogP) is 4.51. The number of anilines is 2. The van der Waals surface area contributed by atoms with Gasteiger partial charge in [-0.25, -0.2) is 0 Å². The summed E-state index contributed by atoms with van der Waals surface area (Å²) in [6, 6.07) is 14.1. The van der Waals surface area contributed by atoms with Crippen molar-refractivity contribution in [3.63, 3.8) is 0 Å². The minimum absolute atomic E-state index is 0.0347. The number of nitrogens with zero attached hydrogens (tertiary/aromatic N) is 4. The van der Waals surface area contributed by atoms with Crippen LogP contribution in [0.1, 0.15) is 18.4 Å². The number of hydrogen-bond donors (Lipinski definition) is 1. The maximum atomic E-state index is 12.6. The molecule has 10 heteroatoms. The summed E-state index contributed by atoms with van der Waals surface area (Å²) in [7, 11) is 0. The number of para-hydroxylation sites is 2. The molecule has 1 N–H and O–H groups in total. The van der Waals surface area contributed by atoms with Crippen LogP contribution in [-0.4, -0.2) is 46.1 Å². The van der Waals surface area contributed by atoms with E-state index in [4.69, 9.17) is 0 Å². The van der Waals surface area contributed by atoms with Crippen molar-refractivity contribution >= 4 is 29.3 Å². The lowest BCUT2D eigenvalue weighted by atomic mass is 10.2. The van der Waals surface area contributed by atoms with Crippen molar-refractivity contribution in [2.75, 3.05) is 29.1 Å². The lowest BCUT2D eigenvalue weighted by molar-refractivity contribution is -0.113. The number of carbonyl (C=O) groups is 1. The van der Waals surface area contributed by atoms with Gasteiger partial charge in [0.05, 0.1) is 17.1 Å². The van der Waals surface area contributed by atoms with Crippen LogP contribution in [0.5, 0.6) is 5.75 Å². The third-order valence-electron chi connectivity index (χ3n) is 5.01. The Morgan fingerprint density at radius 1 is 1.12 bits per heavy atom. The van der Waals surface area contributed by atoms with Gasteiger partial charge in [0.25, 0.3) is 0 Å². The number of halogens is 2. The van der Waals surface area contributed by atoms with Gasteiger partial charge in [-0.05, 0) is 44.0 Å². The molecule has 4 rings (SSSR count). The number of amides is 1. The first-order valence-corrected chi connectivity index (χ1v) is 11.2. The fourth-order valence-corrected chi connectivity index (χ4v) is 4.23. The summed E-state index contributed by atoms with van der Waals surface area (Å²) in [4.78, 5) is 14.7. The molecule has 0 bridgehead atoms. The van der Waals surface area contributed by atoms with E-state index in [1.165, 1.54) is 23.9 Å². The van der Waals surface area contributed by atoms with Gasteiger partial charge < -0.3 is 15.0 Å². The number of aryl methyl sites for hydroxylation is 1. The summed E-state index contributed by atoms with van der Waals surface area (Å²) in [5, 5.41) is 11.9. The van der Waals surface area contributed by atoms with Crippen LogP contribution in [0, 0.1) is 6.92 Å². The Morgan fingerprint density at radius 3 is 2.56 bits per heavy atom. The summed E-state index contributed by atoms with van der Waals surface area (Å²) in [5.41, 5.74) is 2.25. The highest BCUT2D eigenvalue weighted by Gasteiger charge is 2.23. The largest absolute Gasteiger partial charge is 0.433 e. The first-order valence-electron chi connectivity index (χ1n) is 10.2. The average molecular weight is 460 g/mol. The van der Waals surface area contributed by atoms with Crippen molar-refractivity contribution in [3.8, 4) is 11.4 Å². The van der Waals surface area contributed by atoms with Crippen molar-refractivity contribution in [1.82, 2.24) is 14.8 Å². The summed E-state index contributed by atoms with van der Waals surface area (Å²) in [5.74, 6) is 0.346. The molecule has 0 unspecified atom stereocenters. The van der Waals surface area contributed by atoms with E-state index in [1.54, 1.807) is 12.1 Å². The molecule has 3 aromatic rings. The average Bonchev–Trinajstić information content (AvgIpc) is 3.44. The van der Waals surface area contributed by atoms with Crippen LogP contribution >= 0.6 is 11.8 Å². The number of thioether (sulfide) groups is 1. The first-order chi connectivity index (χ1) is 15.5. The zero-order chi connectivity index (χ0) is 22.5. The number of carbonyl (C=O) groups excluding carboxylic acids is 1. The number of benzene rings is 2. The second-order valence-corrected chi connectivity index (χ2v) is 8.30. The number of ether oxygens (including phenoxy) is 1. The molecule has 1 fully saturated rings. The van der Waals surface area contributed by atoms with Crippen molar-refractivity contribution in [3.05, 3.63) is 54.1 Å². The number of aromatic nitrogens is 3. The highest BCUT2D eigenvalue weighted by molar-refractivity contribution is 7.99. The Kier molecular flexibility index (Phi) is 6.89. The van der Waals surface area contributed by atoms with Gasteiger partial charge in [0.2, 0.25) is 11.9 Å². The minimum atomic E-state index is -2.97. The van der Waals surface area contributed by atoms with E-state index in [0.29, 0.717) is 5.16 Å². The molecule has 0 saturated carbocycles. The monoisotopic (exact) mass is 459 g/mol. The molecule has 0 atom stereocenters. The molecule has 1 amide bonds. The normalized spacial score (nSPS) is 13.6. The van der Waals surface area contributed by atoms with Gasteiger partial charge in [-0.3, -0.25) is 9.36 Å². The van der Waals surface area contributed by atoms with Crippen molar-refractivity contribution < 1.29 is 18.3 Å². The van der Waals surface area contributed by atoms with Gasteiger partial charge in [-0.1, -0.05) is 41.6 Å². The molecule has 7 nitrogen and oxygen atoms in total. The van der Waals surface area contributed by atoms with Gasteiger partial charge in [-0.15, -0.1) is 10.2 Å². The zero-order valence-corrected chi connectivity index (χ0v) is 18.3. The van der Waals surface area contributed by atoms with Gasteiger partial charge >= 0.3 is 6.61 Å². The number of nitrogens with one attached hydrogen (secondary N) is 1. The van der Waals surface area contributed by atoms with Gasteiger partial charge in [-0.2, -0.15) is 8.78 Å². The SMILES string of the molecule is Cc1ccc(-n2c(SCC(=O)Nc3ccccc3OC(F)F)nnc2N2CCCC2)cc1. The van der Waals surface area contributed by atoms with E-state index >= 15 is 0 Å². The van der Waals surface area contributed by atoms with Crippen LogP contribution in [-0.2, 0) is 4.79 Å². The smallest absolute Gasteiger partial charge is 0.387 e. The molecule has 0 aliphatic carbocycles. The second-order valence-electron chi connectivity index (χ2n) is 7.36. The minimum Gasteiger partial charge on any atom is -0.433 e. The van der Waals surface area contributed by atoms with Crippen LogP contribution in [0.2, 0.25) is 0 Å². The molecule has 1 aliphatic rings. The topological polar surface area (TPSA) is 72.3 Å². The Hall–Kier alpha value is -3.14. The van der Waals surface area contributed by atoms with E-state index in [1.807, 2.05) is 35.8 Å². The number of rotatable bonds is 8. The van der Waals surface area contributed by atoms with E-state index < -0.39 is 6.61 Å². The van der Waals surface area contributed by atoms with E-state index in [0.717, 1.165) is 43.1 Å². The molecule has 168 valence electrons. The van der Waals surface area contributed by atoms with E-state index in [9.17, 15) is 13.6 Å². The molecule has 0 spiro atoms. The molecule has 1 saturated heterocycles. The number of hydrogen-bond acceptors (Lipinski definition) is 6. The van der Waals surface area contributed by atoms with E-state index in [2.05, 4.69) is 25.2 Å². The highest BCUT2D eigenvalue weighted by Crippen LogP contribution is 2.30. The molecular weight excluding hydrogens is 436 g/mol. The third-order valence-corrected chi connectivity index (χ3v) is 5.94. The quantitative estimate of drug-likeness (QED) is 0.500. The molecule has 32 heavy (non-hydrogen) atoms. The van der Waals surface area contributed by atoms with Gasteiger partial charge in [0.1, 0.15) is 5.75 Å². The Labute approximate surface area is 188 Å². The molecule has 0 radical (unpaired) electrons. The van der Waals surface area contributed by atoms with Crippen molar-refractivity contribution in [2.45, 2.75) is 31.5 Å². The van der Waals surface area contributed by atoms with Crippen LogP contribution in [0.4, 0.5) is 20.4 Å². The fourth-order valence-electron chi connectivity index (χ4n) is 3.48. The molecule has 1 aromatic heterocycles. The molecule has 2 heterocycles. The highest BCUT2D eigenvalue weighted by atomic mass is 32.2. The molecular formula is C22H23F2N5O2S. The lowest BCUT2D eigenvalue weighted by Gasteiger charge is -2.18. The van der Waals surface area contributed by atoms with E-state index in [-0.39, 0.29) is 23.1 Å². The van der Waals surface area contributed by atoms with Crippen LogP contribution in [0.3, 0.4) is 0 Å². The van der Waals surface area contributed by atoms with Gasteiger partial charge in [0, 0.05) is 13.1 Å². The molecule has 1 aliphatic heterocycles. The first kappa shape index (κ1) is 22.1. The van der Waals surface area contributed by atoms with Crippen LogP contribution < -0.4 is 15.0 Å². The van der Waals surface area contributed by atoms with Crippen LogP contribution in [0.25, 0.3) is 5.69 Å². The predicted molar refractivity (Wildman–Crippen MR) is 120 cm³/mol. The maximum absolute atomic E-state index is 12.6. The number of alkyl halides is 2. The Bertz CT molecular complexity index is 1070. The fraction of sp³-hybridized carbons (Fsp3) is 0.318.